The Morgan fingerprint density at radius 3 is 2.45 bits per heavy atom. The van der Waals surface area contributed by atoms with Crippen LogP contribution in [0.25, 0.3) is 11.3 Å². The maximum atomic E-state index is 13.8. The summed E-state index contributed by atoms with van der Waals surface area (Å²) in [5, 5.41) is 16.3. The molecule has 0 radical (unpaired) electrons. The van der Waals surface area contributed by atoms with Crippen LogP contribution in [0.2, 0.25) is 0 Å². The van der Waals surface area contributed by atoms with Crippen molar-refractivity contribution in [2.75, 3.05) is 19.6 Å². The third kappa shape index (κ3) is 8.56. The van der Waals surface area contributed by atoms with Gasteiger partial charge in [0, 0.05) is 24.6 Å². The van der Waals surface area contributed by atoms with Gasteiger partial charge in [0.1, 0.15) is 0 Å². The predicted octanol–water partition coefficient (Wildman–Crippen LogP) is 5.91. The van der Waals surface area contributed by atoms with Crippen LogP contribution in [-0.2, 0) is 11.0 Å². The molecule has 1 amide bonds. The Morgan fingerprint density at radius 1 is 1.15 bits per heavy atom. The number of aromatic nitrogens is 2. The first-order valence-electron chi connectivity index (χ1n) is 12.8. The van der Waals surface area contributed by atoms with Gasteiger partial charge >= 0.3 is 12.1 Å². The van der Waals surface area contributed by atoms with E-state index in [0.717, 1.165) is 18.9 Å². The van der Waals surface area contributed by atoms with Crippen molar-refractivity contribution in [3.8, 4) is 11.3 Å². The Morgan fingerprint density at radius 2 is 1.82 bits per heavy atom. The van der Waals surface area contributed by atoms with Crippen molar-refractivity contribution in [1.82, 2.24) is 20.0 Å². The topological polar surface area (TPSA) is 87.5 Å². The number of carbonyl (C=O) groups excluding carboxylic acids is 1. The monoisotopic (exact) mass is 612 g/mol. The van der Waals surface area contributed by atoms with Gasteiger partial charge in [-0.05, 0) is 44.4 Å². The van der Waals surface area contributed by atoms with Crippen molar-refractivity contribution in [3.63, 3.8) is 0 Å². The number of halogens is 6. The van der Waals surface area contributed by atoms with Crippen LogP contribution in [0.5, 0.6) is 0 Å². The van der Waals surface area contributed by atoms with Crippen molar-refractivity contribution in [1.29, 1.82) is 0 Å². The summed E-state index contributed by atoms with van der Waals surface area (Å²) in [5.74, 6) is -4.70. The third-order valence-electron chi connectivity index (χ3n) is 7.17. The van der Waals surface area contributed by atoms with Gasteiger partial charge in [0.2, 0.25) is 0 Å². The van der Waals surface area contributed by atoms with Gasteiger partial charge in [-0.25, -0.2) is 8.78 Å². The molecule has 1 atom stereocenters. The van der Waals surface area contributed by atoms with E-state index in [9.17, 15) is 36.6 Å². The number of benzene rings is 1. The number of likely N-dealkylation sites (tertiary alicyclic amines) is 1. The number of nitrogens with zero attached hydrogens (tertiary/aromatic N) is 3. The third-order valence-corrected chi connectivity index (χ3v) is 7.17. The second-order valence-corrected chi connectivity index (χ2v) is 10.1. The second kappa shape index (κ2) is 14.0. The zero-order chi connectivity index (χ0) is 27.5. The number of hydrogen-bond donors (Lipinski definition) is 2. The van der Waals surface area contributed by atoms with Gasteiger partial charge in [0.25, 0.3) is 11.8 Å². The number of amides is 1. The summed E-state index contributed by atoms with van der Waals surface area (Å²) in [6.07, 6.45) is -1.57. The fourth-order valence-corrected chi connectivity index (χ4v) is 5.36. The Kier molecular flexibility index (Phi) is 11.8. The van der Waals surface area contributed by atoms with Crippen LogP contribution in [0.15, 0.2) is 30.3 Å². The Labute approximate surface area is 242 Å². The summed E-state index contributed by atoms with van der Waals surface area (Å²) in [4.78, 5) is 26.1. The Bertz CT molecular complexity index is 1160. The molecule has 1 aromatic heterocycles. The van der Waals surface area contributed by atoms with Crippen LogP contribution >= 0.6 is 25.9 Å². The average molecular weight is 613 g/mol. The number of carboxylic acids is 1. The van der Waals surface area contributed by atoms with Gasteiger partial charge < -0.3 is 10.4 Å². The highest BCUT2D eigenvalue weighted by atomic mass is 35.5. The minimum absolute atomic E-state index is 0. The molecule has 2 fully saturated rings. The molecule has 1 aromatic carbocycles. The molecule has 224 valence electrons. The lowest BCUT2D eigenvalue weighted by molar-refractivity contribution is -0.138. The molecule has 2 aliphatic rings. The lowest BCUT2D eigenvalue weighted by Gasteiger charge is -2.33. The molecule has 2 aromatic rings. The van der Waals surface area contributed by atoms with E-state index in [1.807, 2.05) is 0 Å². The zero-order valence-corrected chi connectivity index (χ0v) is 23.5. The van der Waals surface area contributed by atoms with Crippen LogP contribution in [0.1, 0.15) is 73.5 Å². The standard InChI is InChI=1S/C26H31F5N4O3.ClH.H2S/c27-25(28)11-5-12-34(16-25)13-10-17(14-23(36)37)32-24(38)21-15-22(35(33-21)18-6-1-2-7-18)19-8-3-4-9-20(19)26(29,30)31;;/h3-4,8-9,15,17-18H,1-2,5-7,10-14,16H2,(H,32,38)(H,36,37);1H;1H2/t17-;;/m0../s1. The highest BCUT2D eigenvalue weighted by molar-refractivity contribution is 7.59. The molecule has 14 heteroatoms. The maximum Gasteiger partial charge on any atom is 0.417 e. The van der Waals surface area contributed by atoms with E-state index >= 15 is 0 Å². The Hall–Kier alpha value is -2.38. The van der Waals surface area contributed by atoms with Crippen LogP contribution < -0.4 is 5.32 Å². The highest BCUT2D eigenvalue weighted by Gasteiger charge is 2.36. The van der Waals surface area contributed by atoms with E-state index in [4.69, 9.17) is 0 Å². The predicted molar refractivity (Wildman–Crippen MR) is 147 cm³/mol. The summed E-state index contributed by atoms with van der Waals surface area (Å²) in [6.45, 7) is 0.208. The number of piperidine rings is 1. The number of nitrogens with one attached hydrogen (secondary N) is 1. The average Bonchev–Trinajstić information content (AvgIpc) is 3.51. The van der Waals surface area contributed by atoms with E-state index in [1.165, 1.54) is 28.9 Å². The van der Waals surface area contributed by atoms with Crippen LogP contribution in [0.3, 0.4) is 0 Å². The molecular formula is C26H34ClF5N4O3S. The summed E-state index contributed by atoms with van der Waals surface area (Å²) >= 11 is 0. The van der Waals surface area contributed by atoms with Gasteiger partial charge in [0.05, 0.1) is 30.3 Å². The summed E-state index contributed by atoms with van der Waals surface area (Å²) < 4.78 is 70.3. The van der Waals surface area contributed by atoms with Crippen molar-refractivity contribution in [2.45, 2.75) is 75.5 Å². The SMILES string of the molecule is Cl.O=C(O)C[C@H](CCN1CCCC(F)(F)C1)NC(=O)c1cc(-c2ccccc2C(F)(F)F)n(C2CCCC2)n1.S. The van der Waals surface area contributed by atoms with Crippen molar-refractivity contribution in [3.05, 3.63) is 41.6 Å². The van der Waals surface area contributed by atoms with E-state index in [2.05, 4.69) is 10.4 Å². The fourth-order valence-electron chi connectivity index (χ4n) is 5.36. The van der Waals surface area contributed by atoms with E-state index < -0.39 is 48.5 Å². The van der Waals surface area contributed by atoms with Gasteiger partial charge in [-0.15, -0.1) is 12.4 Å². The maximum absolute atomic E-state index is 13.8. The first-order valence-corrected chi connectivity index (χ1v) is 12.8. The first kappa shape index (κ1) is 33.8. The number of carboxylic acid groups (broad SMARTS) is 1. The molecular weight excluding hydrogens is 579 g/mol. The lowest BCUT2D eigenvalue weighted by Crippen LogP contribution is -2.45. The van der Waals surface area contributed by atoms with E-state index in [1.54, 1.807) is 4.90 Å². The van der Waals surface area contributed by atoms with Crippen LogP contribution in [0, 0.1) is 0 Å². The largest absolute Gasteiger partial charge is 0.481 e. The molecule has 4 rings (SSSR count). The van der Waals surface area contributed by atoms with Gasteiger partial charge in [0.15, 0.2) is 5.69 Å². The summed E-state index contributed by atoms with van der Waals surface area (Å²) in [6, 6.07) is 5.39. The molecule has 1 saturated heterocycles. The number of hydrogen-bond acceptors (Lipinski definition) is 4. The fraction of sp³-hybridized carbons (Fsp3) is 0.577. The molecule has 2 heterocycles. The second-order valence-electron chi connectivity index (χ2n) is 10.1. The molecule has 40 heavy (non-hydrogen) atoms. The quantitative estimate of drug-likeness (QED) is 0.344. The molecule has 0 unspecified atom stereocenters. The minimum atomic E-state index is -4.61. The molecule has 7 nitrogen and oxygen atoms in total. The lowest BCUT2D eigenvalue weighted by atomic mass is 10.0. The smallest absolute Gasteiger partial charge is 0.417 e. The molecule has 1 aliphatic heterocycles. The van der Waals surface area contributed by atoms with E-state index in [0.29, 0.717) is 25.8 Å². The number of carbonyl (C=O) groups is 2. The molecule has 1 aliphatic carbocycles. The van der Waals surface area contributed by atoms with E-state index in [-0.39, 0.29) is 68.3 Å². The number of aliphatic carboxylic acids is 1. The van der Waals surface area contributed by atoms with Gasteiger partial charge in [-0.2, -0.15) is 31.8 Å². The minimum Gasteiger partial charge on any atom is -0.481 e. The van der Waals surface area contributed by atoms with Crippen molar-refractivity contribution < 1.29 is 36.6 Å². The normalized spacial score (nSPS) is 18.4. The zero-order valence-electron chi connectivity index (χ0n) is 21.7. The van der Waals surface area contributed by atoms with Crippen LogP contribution in [-0.4, -0.2) is 63.3 Å². The van der Waals surface area contributed by atoms with Crippen LogP contribution in [0.4, 0.5) is 22.0 Å². The summed E-state index contributed by atoms with van der Waals surface area (Å²) in [7, 11) is 0. The van der Waals surface area contributed by atoms with Crippen molar-refractivity contribution in [2.24, 2.45) is 0 Å². The highest BCUT2D eigenvalue weighted by Crippen LogP contribution is 2.40. The van der Waals surface area contributed by atoms with Crippen molar-refractivity contribution >= 4 is 37.8 Å². The summed E-state index contributed by atoms with van der Waals surface area (Å²) in [5.41, 5.74) is -0.885. The Balaban J connectivity index is 0.00000280. The molecule has 0 bridgehead atoms. The molecule has 0 spiro atoms. The van der Waals surface area contributed by atoms with Gasteiger partial charge in [-0.3, -0.25) is 19.2 Å². The molecule has 1 saturated carbocycles. The molecule has 2 N–H and O–H groups in total. The first-order chi connectivity index (χ1) is 17.9. The van der Waals surface area contributed by atoms with Gasteiger partial charge in [-0.1, -0.05) is 31.0 Å². The number of alkyl halides is 5. The number of rotatable bonds is 9.